The molecule has 1 aliphatic carbocycles. The third-order valence-corrected chi connectivity index (χ3v) is 3.09. The zero-order valence-electron chi connectivity index (χ0n) is 10.2. The molecule has 0 spiro atoms. The van der Waals surface area contributed by atoms with E-state index < -0.39 is 0 Å². The summed E-state index contributed by atoms with van der Waals surface area (Å²) in [5.41, 5.74) is 2.68. The van der Waals surface area contributed by atoms with Gasteiger partial charge in [-0.2, -0.15) is 0 Å². The van der Waals surface area contributed by atoms with E-state index in [0.717, 1.165) is 11.7 Å². The molecule has 94 valence electrons. The van der Waals surface area contributed by atoms with Crippen molar-refractivity contribution in [3.8, 4) is 0 Å². The van der Waals surface area contributed by atoms with Crippen LogP contribution in [0.15, 0.2) is 27.8 Å². The highest BCUT2D eigenvalue weighted by atomic mass is 16.3. The lowest BCUT2D eigenvalue weighted by Gasteiger charge is -2.20. The van der Waals surface area contributed by atoms with E-state index in [9.17, 15) is 0 Å². The second-order valence-electron chi connectivity index (χ2n) is 4.47. The Morgan fingerprint density at radius 2 is 2.35 bits per heavy atom. The molecule has 2 rings (SSSR count). The fourth-order valence-corrected chi connectivity index (χ4v) is 2.16. The summed E-state index contributed by atoms with van der Waals surface area (Å²) in [4.78, 5) is 6.61. The number of furan rings is 1. The van der Waals surface area contributed by atoms with Crippen LogP contribution in [0, 0.1) is 0 Å². The number of hydrazine groups is 1. The van der Waals surface area contributed by atoms with E-state index in [-0.39, 0.29) is 0 Å². The van der Waals surface area contributed by atoms with Gasteiger partial charge in [-0.15, -0.1) is 0 Å². The van der Waals surface area contributed by atoms with Crippen LogP contribution in [0.5, 0.6) is 0 Å². The topological polar surface area (TPSA) is 66.8 Å². The largest absolute Gasteiger partial charge is 0.467 e. The number of aliphatic imine (C=N–C) groups is 1. The van der Waals surface area contributed by atoms with Crippen molar-refractivity contribution in [2.45, 2.75) is 38.3 Å². The van der Waals surface area contributed by atoms with Crippen LogP contribution in [0.3, 0.4) is 0 Å². The van der Waals surface area contributed by atoms with Gasteiger partial charge in [0.15, 0.2) is 0 Å². The zero-order chi connectivity index (χ0) is 12.1. The van der Waals surface area contributed by atoms with Crippen LogP contribution in [0.25, 0.3) is 0 Å². The Balaban J connectivity index is 1.96. The van der Waals surface area contributed by atoms with Gasteiger partial charge < -0.3 is 9.32 Å². The molecule has 0 radical (unpaired) electrons. The third-order valence-electron chi connectivity index (χ3n) is 3.09. The van der Waals surface area contributed by atoms with Crippen LogP contribution in [0.2, 0.25) is 0 Å². The highest BCUT2D eigenvalue weighted by molar-refractivity contribution is 5.79. The minimum atomic E-state index is 0.417. The predicted molar refractivity (Wildman–Crippen MR) is 67.2 cm³/mol. The Kier molecular flexibility index (Phi) is 4.03. The first-order chi connectivity index (χ1) is 8.29. The molecule has 1 fully saturated rings. The number of hydrogen-bond donors (Lipinski definition) is 2. The molecular weight excluding hydrogens is 216 g/mol. The van der Waals surface area contributed by atoms with Gasteiger partial charge in [0.1, 0.15) is 5.76 Å². The van der Waals surface area contributed by atoms with E-state index in [1.54, 1.807) is 6.26 Å². The normalized spacial score (nSPS) is 17.4. The van der Waals surface area contributed by atoms with Gasteiger partial charge >= 0.3 is 0 Å². The molecule has 0 bridgehead atoms. The van der Waals surface area contributed by atoms with Crippen molar-refractivity contribution in [3.63, 3.8) is 0 Å². The average molecular weight is 236 g/mol. The zero-order valence-corrected chi connectivity index (χ0v) is 10.2. The van der Waals surface area contributed by atoms with Gasteiger partial charge in [0.25, 0.3) is 0 Å². The van der Waals surface area contributed by atoms with Crippen molar-refractivity contribution in [2.75, 3.05) is 7.05 Å². The molecule has 1 aromatic rings. The molecule has 1 heterocycles. The molecule has 5 nitrogen and oxygen atoms in total. The summed E-state index contributed by atoms with van der Waals surface area (Å²) in [7, 11) is 1.95. The van der Waals surface area contributed by atoms with E-state index in [2.05, 4.69) is 10.4 Å². The average Bonchev–Trinajstić information content (AvgIpc) is 2.97. The lowest BCUT2D eigenvalue weighted by atomic mass is 10.3. The third kappa shape index (κ3) is 3.23. The monoisotopic (exact) mass is 236 g/mol. The summed E-state index contributed by atoms with van der Waals surface area (Å²) in [6.45, 7) is 0.669. The van der Waals surface area contributed by atoms with E-state index in [0.29, 0.717) is 12.6 Å². The molecule has 0 aromatic carbocycles. The first-order valence-electron chi connectivity index (χ1n) is 6.07. The number of nitrogens with zero attached hydrogens (tertiary/aromatic N) is 2. The van der Waals surface area contributed by atoms with Crippen molar-refractivity contribution in [1.82, 2.24) is 10.3 Å². The Hall–Kier alpha value is -1.49. The summed E-state index contributed by atoms with van der Waals surface area (Å²) in [6, 6.07) is 4.24. The molecule has 3 N–H and O–H groups in total. The highest BCUT2D eigenvalue weighted by Crippen LogP contribution is 2.21. The first-order valence-corrected chi connectivity index (χ1v) is 6.07. The van der Waals surface area contributed by atoms with Gasteiger partial charge in [-0.25, -0.2) is 10.8 Å². The Bertz CT molecular complexity index is 355. The van der Waals surface area contributed by atoms with Crippen LogP contribution >= 0.6 is 0 Å². The second-order valence-corrected chi connectivity index (χ2v) is 4.47. The number of rotatable bonds is 3. The van der Waals surface area contributed by atoms with Crippen LogP contribution in [-0.4, -0.2) is 23.9 Å². The van der Waals surface area contributed by atoms with E-state index in [1.807, 2.05) is 24.1 Å². The second kappa shape index (κ2) is 5.72. The summed E-state index contributed by atoms with van der Waals surface area (Å²) >= 11 is 0. The number of nitrogens with two attached hydrogens (primary N) is 1. The van der Waals surface area contributed by atoms with E-state index in [4.69, 9.17) is 10.3 Å². The molecule has 0 aliphatic heterocycles. The van der Waals surface area contributed by atoms with Gasteiger partial charge in [-0.1, -0.05) is 12.8 Å². The number of guanidine groups is 1. The molecule has 1 saturated carbocycles. The van der Waals surface area contributed by atoms with Crippen LogP contribution in [-0.2, 0) is 6.54 Å². The summed E-state index contributed by atoms with van der Waals surface area (Å²) in [6.07, 6.45) is 6.55. The summed E-state index contributed by atoms with van der Waals surface area (Å²) in [5.74, 6) is 7.16. The van der Waals surface area contributed by atoms with Crippen LogP contribution in [0.1, 0.15) is 31.4 Å². The molecule has 0 amide bonds. The molecule has 1 aromatic heterocycles. The maximum atomic E-state index is 5.53. The molecule has 0 unspecified atom stereocenters. The van der Waals surface area contributed by atoms with Crippen LogP contribution < -0.4 is 11.3 Å². The molecule has 0 saturated heterocycles. The standard InChI is InChI=1S/C12H20N4O/c1-16(9-11-7-4-8-17-11)12(15-13)14-10-5-2-3-6-10/h4,7-8,10H,2-3,5-6,9,13H2,1H3,(H,14,15). The minimum absolute atomic E-state index is 0.417. The fourth-order valence-electron chi connectivity index (χ4n) is 2.16. The number of nitrogens with one attached hydrogen (secondary N) is 1. The van der Waals surface area contributed by atoms with Gasteiger partial charge in [-0.3, -0.25) is 5.43 Å². The van der Waals surface area contributed by atoms with Crippen molar-refractivity contribution in [2.24, 2.45) is 10.8 Å². The maximum Gasteiger partial charge on any atom is 0.208 e. The van der Waals surface area contributed by atoms with E-state index >= 15 is 0 Å². The predicted octanol–water partition coefficient (Wildman–Crippen LogP) is 1.47. The smallest absolute Gasteiger partial charge is 0.208 e. The molecule has 5 heteroatoms. The molecular formula is C12H20N4O. The van der Waals surface area contributed by atoms with E-state index in [1.165, 1.54) is 25.7 Å². The van der Waals surface area contributed by atoms with Gasteiger partial charge in [-0.05, 0) is 25.0 Å². The van der Waals surface area contributed by atoms with Crippen LogP contribution in [0.4, 0.5) is 0 Å². The molecule has 17 heavy (non-hydrogen) atoms. The maximum absolute atomic E-state index is 5.53. The van der Waals surface area contributed by atoms with Crippen molar-refractivity contribution >= 4 is 5.96 Å². The van der Waals surface area contributed by atoms with Crippen molar-refractivity contribution in [3.05, 3.63) is 24.2 Å². The summed E-state index contributed by atoms with van der Waals surface area (Å²) in [5, 5.41) is 0. The van der Waals surface area contributed by atoms with Gasteiger partial charge in [0, 0.05) is 7.05 Å². The highest BCUT2D eigenvalue weighted by Gasteiger charge is 2.16. The fraction of sp³-hybridized carbons (Fsp3) is 0.583. The van der Waals surface area contributed by atoms with Gasteiger partial charge in [0.2, 0.25) is 5.96 Å². The lowest BCUT2D eigenvalue weighted by Crippen LogP contribution is -2.43. The Morgan fingerprint density at radius 3 is 2.94 bits per heavy atom. The Morgan fingerprint density at radius 1 is 1.59 bits per heavy atom. The quantitative estimate of drug-likeness (QED) is 0.361. The summed E-state index contributed by atoms with van der Waals surface area (Å²) < 4.78 is 5.30. The van der Waals surface area contributed by atoms with Gasteiger partial charge in [0.05, 0.1) is 18.8 Å². The number of hydrogen-bond acceptors (Lipinski definition) is 3. The lowest BCUT2D eigenvalue weighted by molar-refractivity contribution is 0.398. The SMILES string of the molecule is CN(Cc1ccco1)C(=NC1CCCC1)NN. The molecule has 1 aliphatic rings. The van der Waals surface area contributed by atoms with Crippen molar-refractivity contribution in [1.29, 1.82) is 0 Å². The van der Waals surface area contributed by atoms with Crippen molar-refractivity contribution < 1.29 is 4.42 Å². The molecule has 0 atom stereocenters. The minimum Gasteiger partial charge on any atom is -0.467 e. The first kappa shape index (κ1) is 12.0. The Labute approximate surface area is 102 Å².